The second kappa shape index (κ2) is 7.01. The van der Waals surface area contributed by atoms with Crippen molar-refractivity contribution in [1.82, 2.24) is 9.13 Å². The van der Waals surface area contributed by atoms with Crippen LogP contribution in [0.4, 0.5) is 0 Å². The van der Waals surface area contributed by atoms with Gasteiger partial charge in [0.05, 0.1) is 11.3 Å². The molecule has 0 aliphatic carbocycles. The van der Waals surface area contributed by atoms with E-state index in [0.717, 1.165) is 48.3 Å². The van der Waals surface area contributed by atoms with E-state index in [9.17, 15) is 4.79 Å². The molecule has 4 rings (SSSR count). The van der Waals surface area contributed by atoms with Gasteiger partial charge in [-0.05, 0) is 56.3 Å². The van der Waals surface area contributed by atoms with Crippen LogP contribution in [-0.2, 0) is 13.1 Å². The molecule has 0 saturated carbocycles. The van der Waals surface area contributed by atoms with Gasteiger partial charge in [-0.15, -0.1) is 11.3 Å². The summed E-state index contributed by atoms with van der Waals surface area (Å²) in [7, 11) is 0. The fourth-order valence-electron chi connectivity index (χ4n) is 4.13. The Labute approximate surface area is 164 Å². The van der Waals surface area contributed by atoms with Crippen molar-refractivity contribution >= 4 is 38.2 Å². The smallest absolute Gasteiger partial charge is 0.211 e. The second-order valence-corrected chi connectivity index (χ2v) is 8.22. The van der Waals surface area contributed by atoms with Crippen LogP contribution in [0.1, 0.15) is 54.0 Å². The number of aromatic nitrogens is 2. The number of ketones is 1. The van der Waals surface area contributed by atoms with E-state index in [2.05, 4.69) is 72.5 Å². The van der Waals surface area contributed by atoms with Crippen molar-refractivity contribution < 1.29 is 4.79 Å². The van der Waals surface area contributed by atoms with E-state index in [0.29, 0.717) is 0 Å². The lowest BCUT2D eigenvalue weighted by Gasteiger charge is -2.09. The molecule has 0 aliphatic rings. The highest BCUT2D eigenvalue weighted by molar-refractivity contribution is 7.16. The van der Waals surface area contributed by atoms with Crippen LogP contribution < -0.4 is 0 Å². The molecule has 4 heteroatoms. The molecule has 3 nitrogen and oxygen atoms in total. The summed E-state index contributed by atoms with van der Waals surface area (Å²) in [5, 5.41) is 4.36. The Kier molecular flexibility index (Phi) is 4.68. The molecule has 0 amide bonds. The highest BCUT2D eigenvalue weighted by atomic mass is 32.1. The van der Waals surface area contributed by atoms with Crippen LogP contribution in [0.15, 0.2) is 35.7 Å². The SMILES string of the molecule is CCCn1c(C)c(C(=O)c2cc3ccsc3n2CCC)c2cc(C)ccc21. The molecule has 0 fully saturated rings. The summed E-state index contributed by atoms with van der Waals surface area (Å²) in [6.07, 6.45) is 2.06. The lowest BCUT2D eigenvalue weighted by atomic mass is 10.0. The van der Waals surface area contributed by atoms with Gasteiger partial charge in [0.25, 0.3) is 0 Å². The molecule has 27 heavy (non-hydrogen) atoms. The summed E-state index contributed by atoms with van der Waals surface area (Å²) in [4.78, 5) is 14.9. The number of hydrogen-bond donors (Lipinski definition) is 0. The quantitative estimate of drug-likeness (QED) is 0.360. The molecule has 0 unspecified atom stereocenters. The van der Waals surface area contributed by atoms with Crippen LogP contribution >= 0.6 is 11.3 Å². The highest BCUT2D eigenvalue weighted by Crippen LogP contribution is 2.32. The number of thiophene rings is 1. The molecule has 140 valence electrons. The van der Waals surface area contributed by atoms with Gasteiger partial charge in [0.1, 0.15) is 4.83 Å². The number of carbonyl (C=O) groups excluding carboxylic acids is 1. The first kappa shape index (κ1) is 18.1. The molecule has 0 atom stereocenters. The summed E-state index contributed by atoms with van der Waals surface area (Å²) < 4.78 is 4.51. The maximum absolute atomic E-state index is 13.7. The van der Waals surface area contributed by atoms with Gasteiger partial charge in [-0.3, -0.25) is 4.79 Å². The first-order valence-corrected chi connectivity index (χ1v) is 10.7. The lowest BCUT2D eigenvalue weighted by Crippen LogP contribution is -2.11. The number of nitrogens with zero attached hydrogens (tertiary/aromatic N) is 2. The fraction of sp³-hybridized carbons (Fsp3) is 0.348. The Morgan fingerprint density at radius 3 is 2.48 bits per heavy atom. The van der Waals surface area contributed by atoms with E-state index >= 15 is 0 Å². The van der Waals surface area contributed by atoms with Crippen molar-refractivity contribution in [2.24, 2.45) is 0 Å². The zero-order valence-corrected chi connectivity index (χ0v) is 17.3. The third kappa shape index (κ3) is 2.83. The number of carbonyl (C=O) groups is 1. The summed E-state index contributed by atoms with van der Waals surface area (Å²) in [5.74, 6) is 0.148. The monoisotopic (exact) mass is 378 g/mol. The average Bonchev–Trinajstić information content (AvgIpc) is 3.29. The summed E-state index contributed by atoms with van der Waals surface area (Å²) >= 11 is 1.72. The van der Waals surface area contributed by atoms with Crippen LogP contribution in [0.5, 0.6) is 0 Å². The normalized spacial score (nSPS) is 11.7. The van der Waals surface area contributed by atoms with Crippen LogP contribution in [0.3, 0.4) is 0 Å². The Bertz CT molecular complexity index is 1140. The third-order valence-corrected chi connectivity index (χ3v) is 6.29. The van der Waals surface area contributed by atoms with E-state index in [1.54, 1.807) is 11.3 Å². The van der Waals surface area contributed by atoms with Crippen molar-refractivity contribution in [3.8, 4) is 0 Å². The minimum Gasteiger partial charge on any atom is -0.344 e. The number of rotatable bonds is 6. The molecule has 0 aliphatic heterocycles. The Morgan fingerprint density at radius 2 is 1.74 bits per heavy atom. The molecular weight excluding hydrogens is 352 g/mol. The molecule has 4 aromatic rings. The molecule has 0 spiro atoms. The molecule has 1 aromatic carbocycles. The van der Waals surface area contributed by atoms with E-state index in [1.165, 1.54) is 21.3 Å². The van der Waals surface area contributed by atoms with Gasteiger partial charge >= 0.3 is 0 Å². The maximum Gasteiger partial charge on any atom is 0.211 e. The topological polar surface area (TPSA) is 26.9 Å². The number of hydrogen-bond acceptors (Lipinski definition) is 2. The number of benzene rings is 1. The Balaban J connectivity index is 1.96. The first-order chi connectivity index (χ1) is 13.1. The summed E-state index contributed by atoms with van der Waals surface area (Å²) in [5.41, 5.74) is 5.12. The predicted molar refractivity (Wildman–Crippen MR) is 115 cm³/mol. The van der Waals surface area contributed by atoms with Crippen LogP contribution in [0.2, 0.25) is 0 Å². The first-order valence-electron chi connectivity index (χ1n) is 9.77. The van der Waals surface area contributed by atoms with E-state index in [4.69, 9.17) is 0 Å². The average molecular weight is 379 g/mol. The Hall–Kier alpha value is -2.33. The largest absolute Gasteiger partial charge is 0.344 e. The van der Waals surface area contributed by atoms with Crippen molar-refractivity contribution in [1.29, 1.82) is 0 Å². The van der Waals surface area contributed by atoms with Gasteiger partial charge in [0.2, 0.25) is 5.78 Å². The number of fused-ring (bicyclic) bond motifs is 2. The molecule has 0 radical (unpaired) electrons. The van der Waals surface area contributed by atoms with Crippen LogP contribution in [0, 0.1) is 13.8 Å². The molecule has 3 heterocycles. The van der Waals surface area contributed by atoms with Gasteiger partial charge in [-0.1, -0.05) is 25.5 Å². The molecule has 0 saturated heterocycles. The van der Waals surface area contributed by atoms with Gasteiger partial charge in [0, 0.05) is 35.1 Å². The minimum absolute atomic E-state index is 0.148. The molecule has 0 bridgehead atoms. The van der Waals surface area contributed by atoms with E-state index in [1.807, 2.05) is 0 Å². The van der Waals surface area contributed by atoms with Crippen molar-refractivity contribution in [3.63, 3.8) is 0 Å². The zero-order valence-electron chi connectivity index (χ0n) is 16.5. The summed E-state index contributed by atoms with van der Waals surface area (Å²) in [6, 6.07) is 10.6. The number of aryl methyl sites for hydroxylation is 3. The van der Waals surface area contributed by atoms with Gasteiger partial charge in [-0.25, -0.2) is 0 Å². The molecular formula is C23H26N2OS. The van der Waals surface area contributed by atoms with Crippen LogP contribution in [-0.4, -0.2) is 14.9 Å². The third-order valence-electron chi connectivity index (χ3n) is 5.34. The zero-order chi connectivity index (χ0) is 19.1. The van der Waals surface area contributed by atoms with Crippen molar-refractivity contribution in [2.45, 2.75) is 53.6 Å². The van der Waals surface area contributed by atoms with Crippen molar-refractivity contribution in [3.05, 3.63) is 58.2 Å². The van der Waals surface area contributed by atoms with E-state index < -0.39 is 0 Å². The molecule has 3 aromatic heterocycles. The lowest BCUT2D eigenvalue weighted by molar-refractivity contribution is 0.103. The van der Waals surface area contributed by atoms with Gasteiger partial charge < -0.3 is 9.13 Å². The maximum atomic E-state index is 13.7. The standard InChI is InChI=1S/C23H26N2OS/c1-5-10-24-16(4)21(18-13-15(3)7-8-19(18)24)22(26)20-14-17-9-12-27-23(17)25(20)11-6-2/h7-9,12-14H,5-6,10-11H2,1-4H3. The van der Waals surface area contributed by atoms with Gasteiger partial charge in [-0.2, -0.15) is 0 Å². The van der Waals surface area contributed by atoms with Crippen LogP contribution in [0.25, 0.3) is 21.1 Å². The van der Waals surface area contributed by atoms with E-state index in [-0.39, 0.29) is 5.78 Å². The molecule has 0 N–H and O–H groups in total. The van der Waals surface area contributed by atoms with Gasteiger partial charge in [0.15, 0.2) is 0 Å². The fourth-order valence-corrected chi connectivity index (χ4v) is 5.05. The highest BCUT2D eigenvalue weighted by Gasteiger charge is 2.24. The Morgan fingerprint density at radius 1 is 1.00 bits per heavy atom. The minimum atomic E-state index is 0.148. The van der Waals surface area contributed by atoms with Crippen molar-refractivity contribution in [2.75, 3.05) is 0 Å². The summed E-state index contributed by atoms with van der Waals surface area (Å²) in [6.45, 7) is 10.3. The second-order valence-electron chi connectivity index (χ2n) is 7.32. The predicted octanol–water partition coefficient (Wildman–Crippen LogP) is 6.33.